The third-order valence-corrected chi connectivity index (χ3v) is 3.85. The van der Waals surface area contributed by atoms with E-state index < -0.39 is 0 Å². The molecule has 0 saturated carbocycles. The number of amidine groups is 1. The highest BCUT2D eigenvalue weighted by Gasteiger charge is 2.19. The molecule has 0 radical (unpaired) electrons. The molecule has 3 N–H and O–H groups in total. The molecule has 0 amide bonds. The number of benzene rings is 1. The number of hydrogen-bond acceptors (Lipinski definition) is 4. The molecule has 1 aromatic carbocycles. The van der Waals surface area contributed by atoms with Crippen LogP contribution in [0.5, 0.6) is 5.75 Å². The number of nitrogens with two attached hydrogens (primary N) is 1. The van der Waals surface area contributed by atoms with Gasteiger partial charge in [-0.05, 0) is 31.0 Å². The Labute approximate surface area is 120 Å². The van der Waals surface area contributed by atoms with Crippen molar-refractivity contribution < 1.29 is 9.47 Å². The Kier molecular flexibility index (Phi) is 4.98. The van der Waals surface area contributed by atoms with Crippen LogP contribution >= 0.6 is 0 Å². The predicted octanol–water partition coefficient (Wildman–Crippen LogP) is 1.59. The Morgan fingerprint density at radius 2 is 2.05 bits per heavy atom. The maximum atomic E-state index is 7.54. The fraction of sp³-hybridized carbons (Fsp3) is 0.533. The van der Waals surface area contributed by atoms with Crippen molar-refractivity contribution in [2.24, 2.45) is 5.73 Å². The molecule has 0 unspecified atom stereocenters. The van der Waals surface area contributed by atoms with Crippen molar-refractivity contribution in [3.63, 3.8) is 0 Å². The van der Waals surface area contributed by atoms with Crippen LogP contribution in [-0.2, 0) is 11.3 Å². The van der Waals surface area contributed by atoms with E-state index in [1.54, 1.807) is 14.2 Å². The van der Waals surface area contributed by atoms with Crippen molar-refractivity contribution in [3.8, 4) is 5.75 Å². The minimum atomic E-state index is 0.0898. The number of rotatable bonds is 5. The zero-order valence-electron chi connectivity index (χ0n) is 12.2. The molecule has 0 spiro atoms. The Morgan fingerprint density at radius 1 is 1.35 bits per heavy atom. The zero-order chi connectivity index (χ0) is 14.5. The third-order valence-electron chi connectivity index (χ3n) is 3.85. The van der Waals surface area contributed by atoms with E-state index in [9.17, 15) is 0 Å². The number of nitrogens with one attached hydrogen (secondary N) is 1. The van der Waals surface area contributed by atoms with Crippen LogP contribution in [-0.4, -0.2) is 44.1 Å². The summed E-state index contributed by atoms with van der Waals surface area (Å²) in [5.41, 5.74) is 7.38. The predicted molar refractivity (Wildman–Crippen MR) is 79.3 cm³/mol. The minimum Gasteiger partial charge on any atom is -0.496 e. The van der Waals surface area contributed by atoms with Crippen LogP contribution in [0.3, 0.4) is 0 Å². The lowest BCUT2D eigenvalue weighted by Crippen LogP contribution is -2.36. The fourth-order valence-electron chi connectivity index (χ4n) is 2.61. The van der Waals surface area contributed by atoms with Crippen LogP contribution in [0.1, 0.15) is 24.0 Å². The fourth-order valence-corrected chi connectivity index (χ4v) is 2.61. The highest BCUT2D eigenvalue weighted by Crippen LogP contribution is 2.23. The molecule has 0 bridgehead atoms. The minimum absolute atomic E-state index is 0.0898. The zero-order valence-corrected chi connectivity index (χ0v) is 12.2. The number of nitrogen functional groups attached to an aromatic ring is 1. The van der Waals surface area contributed by atoms with Gasteiger partial charge in [-0.3, -0.25) is 10.3 Å². The van der Waals surface area contributed by atoms with Gasteiger partial charge in [-0.2, -0.15) is 0 Å². The SMILES string of the molecule is COc1ccc(C(=N)N)cc1CN1CCC(OC)CC1. The van der Waals surface area contributed by atoms with E-state index in [1.807, 2.05) is 18.2 Å². The van der Waals surface area contributed by atoms with Crippen LogP contribution in [0.15, 0.2) is 18.2 Å². The normalized spacial score (nSPS) is 17.1. The van der Waals surface area contributed by atoms with Crippen molar-refractivity contribution >= 4 is 5.84 Å². The molecule has 110 valence electrons. The summed E-state index contributed by atoms with van der Waals surface area (Å²) in [6, 6.07) is 5.65. The third kappa shape index (κ3) is 3.49. The Balaban J connectivity index is 2.08. The first kappa shape index (κ1) is 14.8. The molecule has 0 atom stereocenters. The van der Waals surface area contributed by atoms with Gasteiger partial charge in [0, 0.05) is 37.9 Å². The lowest BCUT2D eigenvalue weighted by atomic mass is 10.0. The molecule has 1 saturated heterocycles. The van der Waals surface area contributed by atoms with E-state index in [0.29, 0.717) is 6.10 Å². The Hall–Kier alpha value is -1.59. The number of piperidine rings is 1. The summed E-state index contributed by atoms with van der Waals surface area (Å²) in [5, 5.41) is 7.54. The molecule has 0 aromatic heterocycles. The van der Waals surface area contributed by atoms with E-state index in [4.69, 9.17) is 20.6 Å². The summed E-state index contributed by atoms with van der Waals surface area (Å²) in [6.45, 7) is 2.86. The van der Waals surface area contributed by atoms with Crippen LogP contribution in [0.2, 0.25) is 0 Å². The van der Waals surface area contributed by atoms with Crippen molar-refractivity contribution in [3.05, 3.63) is 29.3 Å². The van der Waals surface area contributed by atoms with E-state index in [0.717, 1.165) is 49.4 Å². The Bertz CT molecular complexity index is 468. The van der Waals surface area contributed by atoms with Gasteiger partial charge >= 0.3 is 0 Å². The van der Waals surface area contributed by atoms with Gasteiger partial charge in [0.05, 0.1) is 13.2 Å². The van der Waals surface area contributed by atoms with Gasteiger partial charge in [0.15, 0.2) is 0 Å². The summed E-state index contributed by atoms with van der Waals surface area (Å²) in [6.07, 6.45) is 2.51. The standard InChI is InChI=1S/C15H23N3O2/c1-19-13-5-7-18(8-6-13)10-12-9-11(15(16)17)3-4-14(12)20-2/h3-4,9,13H,5-8,10H2,1-2H3,(H3,16,17). The van der Waals surface area contributed by atoms with Crippen LogP contribution in [0.25, 0.3) is 0 Å². The van der Waals surface area contributed by atoms with E-state index in [-0.39, 0.29) is 5.84 Å². The summed E-state index contributed by atoms with van der Waals surface area (Å²) in [5.74, 6) is 0.941. The van der Waals surface area contributed by atoms with E-state index in [2.05, 4.69) is 4.90 Å². The number of nitrogens with zero attached hydrogens (tertiary/aromatic N) is 1. The Morgan fingerprint density at radius 3 is 2.60 bits per heavy atom. The molecule has 20 heavy (non-hydrogen) atoms. The van der Waals surface area contributed by atoms with Crippen LogP contribution in [0.4, 0.5) is 0 Å². The first-order valence-corrected chi connectivity index (χ1v) is 6.90. The first-order valence-electron chi connectivity index (χ1n) is 6.90. The summed E-state index contributed by atoms with van der Waals surface area (Å²) >= 11 is 0. The highest BCUT2D eigenvalue weighted by molar-refractivity contribution is 5.95. The van der Waals surface area contributed by atoms with Crippen LogP contribution in [0, 0.1) is 5.41 Å². The maximum Gasteiger partial charge on any atom is 0.123 e. The molecule has 1 fully saturated rings. The van der Waals surface area contributed by atoms with Gasteiger partial charge in [-0.25, -0.2) is 0 Å². The molecule has 0 aliphatic carbocycles. The first-order chi connectivity index (χ1) is 9.63. The molecule has 2 rings (SSSR count). The van der Waals surface area contributed by atoms with E-state index in [1.165, 1.54) is 0 Å². The van der Waals surface area contributed by atoms with Crippen molar-refractivity contribution in [1.82, 2.24) is 4.90 Å². The maximum absolute atomic E-state index is 7.54. The lowest BCUT2D eigenvalue weighted by Gasteiger charge is -2.31. The van der Waals surface area contributed by atoms with Gasteiger partial charge in [0.25, 0.3) is 0 Å². The smallest absolute Gasteiger partial charge is 0.123 e. The quantitative estimate of drug-likeness (QED) is 0.633. The molecule has 1 aliphatic rings. The lowest BCUT2D eigenvalue weighted by molar-refractivity contribution is 0.0387. The number of likely N-dealkylation sites (tertiary alicyclic amines) is 1. The molecule has 1 aliphatic heterocycles. The average Bonchev–Trinajstić information content (AvgIpc) is 2.48. The second-order valence-electron chi connectivity index (χ2n) is 5.15. The second kappa shape index (κ2) is 6.72. The van der Waals surface area contributed by atoms with Gasteiger partial charge in [-0.15, -0.1) is 0 Å². The molecule has 5 heteroatoms. The van der Waals surface area contributed by atoms with Crippen molar-refractivity contribution in [2.75, 3.05) is 27.3 Å². The molecule has 1 heterocycles. The number of hydrogen-bond donors (Lipinski definition) is 2. The average molecular weight is 277 g/mol. The van der Waals surface area contributed by atoms with Gasteiger partial charge in [0.2, 0.25) is 0 Å². The second-order valence-corrected chi connectivity index (χ2v) is 5.15. The van der Waals surface area contributed by atoms with Crippen molar-refractivity contribution in [1.29, 1.82) is 5.41 Å². The largest absolute Gasteiger partial charge is 0.496 e. The molecular formula is C15H23N3O2. The van der Waals surface area contributed by atoms with Gasteiger partial charge in [0.1, 0.15) is 11.6 Å². The summed E-state index contributed by atoms with van der Waals surface area (Å²) < 4.78 is 10.8. The van der Waals surface area contributed by atoms with E-state index >= 15 is 0 Å². The van der Waals surface area contributed by atoms with Crippen LogP contribution < -0.4 is 10.5 Å². The van der Waals surface area contributed by atoms with Gasteiger partial charge in [-0.1, -0.05) is 0 Å². The molecular weight excluding hydrogens is 254 g/mol. The molecule has 1 aromatic rings. The van der Waals surface area contributed by atoms with Crippen molar-refractivity contribution in [2.45, 2.75) is 25.5 Å². The molecule has 5 nitrogen and oxygen atoms in total. The number of methoxy groups -OCH3 is 2. The summed E-state index contributed by atoms with van der Waals surface area (Å²) in [4.78, 5) is 2.39. The topological polar surface area (TPSA) is 71.6 Å². The monoisotopic (exact) mass is 277 g/mol. The van der Waals surface area contributed by atoms with Gasteiger partial charge < -0.3 is 15.2 Å². The summed E-state index contributed by atoms with van der Waals surface area (Å²) in [7, 11) is 3.45. The number of ether oxygens (including phenoxy) is 2. The highest BCUT2D eigenvalue weighted by atomic mass is 16.5.